The van der Waals surface area contributed by atoms with Gasteiger partial charge in [-0.05, 0) is 24.3 Å². The highest BCUT2D eigenvalue weighted by Gasteiger charge is 2.23. The molecule has 0 spiro atoms. The maximum absolute atomic E-state index is 11.4. The molecular formula is C12H12O5. The molecule has 90 valence electrons. The Kier molecular flexibility index (Phi) is 3.39. The number of epoxide rings is 1. The summed E-state index contributed by atoms with van der Waals surface area (Å²) in [6.07, 6.45) is 0.186. The molecule has 5 nitrogen and oxygen atoms in total. The lowest BCUT2D eigenvalue weighted by molar-refractivity contribution is -0.135. The van der Waals surface area contributed by atoms with Crippen molar-refractivity contribution in [3.8, 4) is 5.75 Å². The van der Waals surface area contributed by atoms with Crippen molar-refractivity contribution in [3.05, 3.63) is 29.8 Å². The predicted octanol–water partition coefficient (Wildman–Crippen LogP) is 0.820. The fraction of sp³-hybridized carbons (Fsp3) is 0.333. The molecule has 0 amide bonds. The van der Waals surface area contributed by atoms with Crippen LogP contribution in [0.5, 0.6) is 5.75 Å². The molecule has 1 fully saturated rings. The third-order valence-corrected chi connectivity index (χ3v) is 2.33. The first-order valence-electron chi connectivity index (χ1n) is 5.18. The molecule has 1 aromatic rings. The second kappa shape index (κ2) is 4.97. The topological polar surface area (TPSA) is 65.1 Å². The second-order valence-electron chi connectivity index (χ2n) is 3.61. The summed E-state index contributed by atoms with van der Waals surface area (Å²) in [5, 5.41) is 0. The summed E-state index contributed by atoms with van der Waals surface area (Å²) in [7, 11) is 1.17. The molecule has 0 N–H and O–H groups in total. The molecule has 5 heteroatoms. The Labute approximate surface area is 98.3 Å². The van der Waals surface area contributed by atoms with E-state index in [0.29, 0.717) is 12.4 Å². The monoisotopic (exact) mass is 236 g/mol. The van der Waals surface area contributed by atoms with Crippen LogP contribution in [-0.2, 0) is 14.3 Å². The van der Waals surface area contributed by atoms with E-state index >= 15 is 0 Å². The van der Waals surface area contributed by atoms with Crippen LogP contribution >= 0.6 is 0 Å². The summed E-state index contributed by atoms with van der Waals surface area (Å²) in [5.74, 6) is -0.892. The van der Waals surface area contributed by atoms with E-state index in [1.807, 2.05) is 0 Å². The maximum atomic E-state index is 11.4. The van der Waals surface area contributed by atoms with Gasteiger partial charge in [-0.2, -0.15) is 0 Å². The Bertz CT molecular complexity index is 419. The minimum Gasteiger partial charge on any atom is -0.491 e. The molecule has 0 bridgehead atoms. The van der Waals surface area contributed by atoms with Gasteiger partial charge in [0.15, 0.2) is 0 Å². The fourth-order valence-electron chi connectivity index (χ4n) is 1.27. The largest absolute Gasteiger partial charge is 0.491 e. The van der Waals surface area contributed by atoms with Gasteiger partial charge in [-0.25, -0.2) is 4.79 Å². The zero-order chi connectivity index (χ0) is 12.3. The van der Waals surface area contributed by atoms with E-state index in [-0.39, 0.29) is 11.7 Å². The van der Waals surface area contributed by atoms with Crippen molar-refractivity contribution in [3.63, 3.8) is 0 Å². The highest BCUT2D eigenvalue weighted by molar-refractivity contribution is 6.40. The van der Waals surface area contributed by atoms with E-state index in [4.69, 9.17) is 9.47 Å². The second-order valence-corrected chi connectivity index (χ2v) is 3.61. The van der Waals surface area contributed by atoms with Gasteiger partial charge in [0.05, 0.1) is 13.7 Å². The summed E-state index contributed by atoms with van der Waals surface area (Å²) in [6.45, 7) is 1.24. The van der Waals surface area contributed by atoms with E-state index in [0.717, 1.165) is 6.61 Å². The van der Waals surface area contributed by atoms with Gasteiger partial charge in [0.1, 0.15) is 18.5 Å². The number of carbonyl (C=O) groups excluding carboxylic acids is 2. The van der Waals surface area contributed by atoms with Gasteiger partial charge in [0, 0.05) is 5.56 Å². The van der Waals surface area contributed by atoms with Crippen LogP contribution in [0.2, 0.25) is 0 Å². The van der Waals surface area contributed by atoms with Crippen LogP contribution in [0.4, 0.5) is 0 Å². The molecule has 0 aromatic heterocycles. The van der Waals surface area contributed by atoms with E-state index in [1.54, 1.807) is 12.1 Å². The maximum Gasteiger partial charge on any atom is 0.379 e. The molecule has 1 unspecified atom stereocenters. The average molecular weight is 236 g/mol. The van der Waals surface area contributed by atoms with Gasteiger partial charge in [-0.1, -0.05) is 0 Å². The zero-order valence-corrected chi connectivity index (χ0v) is 9.34. The van der Waals surface area contributed by atoms with Crippen molar-refractivity contribution in [1.29, 1.82) is 0 Å². The van der Waals surface area contributed by atoms with E-state index in [2.05, 4.69) is 4.74 Å². The number of hydrogen-bond acceptors (Lipinski definition) is 5. The standard InChI is InChI=1S/C12H12O5/c1-15-12(14)11(13)8-2-4-9(5-3-8)16-6-10-7-17-10/h2-5,10H,6-7H2,1H3. The lowest BCUT2D eigenvalue weighted by atomic mass is 10.1. The smallest absolute Gasteiger partial charge is 0.379 e. The Morgan fingerprint density at radius 2 is 2.00 bits per heavy atom. The van der Waals surface area contributed by atoms with Crippen LogP contribution in [0.1, 0.15) is 10.4 Å². The van der Waals surface area contributed by atoms with Gasteiger partial charge in [0.25, 0.3) is 5.78 Å². The molecule has 1 aromatic carbocycles. The zero-order valence-electron chi connectivity index (χ0n) is 9.34. The molecule has 0 aliphatic carbocycles. The number of hydrogen-bond donors (Lipinski definition) is 0. The van der Waals surface area contributed by atoms with E-state index in [9.17, 15) is 9.59 Å². The Hall–Kier alpha value is -1.88. The number of benzene rings is 1. The summed E-state index contributed by atoms with van der Waals surface area (Å²) in [6, 6.07) is 6.34. The quantitative estimate of drug-likeness (QED) is 0.328. The van der Waals surface area contributed by atoms with Gasteiger partial charge in [-0.15, -0.1) is 0 Å². The van der Waals surface area contributed by atoms with Gasteiger partial charge >= 0.3 is 5.97 Å². The lowest BCUT2D eigenvalue weighted by Gasteiger charge is -2.04. The number of rotatable bonds is 5. The lowest BCUT2D eigenvalue weighted by Crippen LogP contribution is -2.15. The highest BCUT2D eigenvalue weighted by atomic mass is 16.6. The predicted molar refractivity (Wildman–Crippen MR) is 58.0 cm³/mol. The van der Waals surface area contributed by atoms with Crippen LogP contribution in [0.15, 0.2) is 24.3 Å². The van der Waals surface area contributed by atoms with Gasteiger partial charge in [0.2, 0.25) is 0 Å². The number of Topliss-reactive ketones (excluding diaryl/α,β-unsaturated/α-hetero) is 1. The molecule has 2 rings (SSSR count). The Morgan fingerprint density at radius 3 is 2.53 bits per heavy atom. The van der Waals surface area contributed by atoms with Crippen molar-refractivity contribution < 1.29 is 23.8 Å². The highest BCUT2D eigenvalue weighted by Crippen LogP contribution is 2.16. The molecule has 1 aliphatic heterocycles. The molecule has 1 aliphatic rings. The Morgan fingerprint density at radius 1 is 1.35 bits per heavy atom. The van der Waals surface area contributed by atoms with Crippen molar-refractivity contribution in [2.75, 3.05) is 20.3 Å². The fourth-order valence-corrected chi connectivity index (χ4v) is 1.27. The SMILES string of the molecule is COC(=O)C(=O)c1ccc(OCC2CO2)cc1. The van der Waals surface area contributed by atoms with E-state index < -0.39 is 11.8 Å². The summed E-state index contributed by atoms with van der Waals surface area (Å²) >= 11 is 0. The average Bonchev–Trinajstić information content (AvgIpc) is 3.19. The van der Waals surface area contributed by atoms with Gasteiger partial charge < -0.3 is 14.2 Å². The first-order valence-corrected chi connectivity index (χ1v) is 5.18. The number of esters is 1. The number of ketones is 1. The van der Waals surface area contributed by atoms with E-state index in [1.165, 1.54) is 19.2 Å². The molecule has 1 saturated heterocycles. The molecular weight excluding hydrogens is 224 g/mol. The van der Waals surface area contributed by atoms with Crippen LogP contribution in [0.25, 0.3) is 0 Å². The molecule has 0 radical (unpaired) electrons. The van der Waals surface area contributed by atoms with Crippen molar-refractivity contribution in [2.45, 2.75) is 6.10 Å². The normalized spacial score (nSPS) is 17.4. The molecule has 17 heavy (non-hydrogen) atoms. The minimum absolute atomic E-state index is 0.186. The van der Waals surface area contributed by atoms with Crippen molar-refractivity contribution >= 4 is 11.8 Å². The number of methoxy groups -OCH3 is 1. The van der Waals surface area contributed by atoms with Crippen LogP contribution in [-0.4, -0.2) is 38.2 Å². The summed E-state index contributed by atoms with van der Waals surface area (Å²) < 4.78 is 14.7. The summed E-state index contributed by atoms with van der Waals surface area (Å²) in [4.78, 5) is 22.4. The Balaban J connectivity index is 1.96. The number of carbonyl (C=O) groups is 2. The third kappa shape index (κ3) is 3.04. The van der Waals surface area contributed by atoms with Crippen molar-refractivity contribution in [1.82, 2.24) is 0 Å². The van der Waals surface area contributed by atoms with Crippen LogP contribution in [0, 0.1) is 0 Å². The minimum atomic E-state index is -0.870. The summed E-state index contributed by atoms with van der Waals surface area (Å²) in [5.41, 5.74) is 0.284. The molecule has 1 heterocycles. The molecule has 1 atom stereocenters. The first-order chi connectivity index (χ1) is 8.20. The van der Waals surface area contributed by atoms with Crippen LogP contribution in [0.3, 0.4) is 0 Å². The van der Waals surface area contributed by atoms with Crippen LogP contribution < -0.4 is 4.74 Å². The first kappa shape index (κ1) is 11.6. The van der Waals surface area contributed by atoms with Gasteiger partial charge in [-0.3, -0.25) is 4.79 Å². The number of ether oxygens (including phenoxy) is 3. The van der Waals surface area contributed by atoms with Crippen molar-refractivity contribution in [2.24, 2.45) is 0 Å². The third-order valence-electron chi connectivity index (χ3n) is 2.33. The molecule has 0 saturated carbocycles.